The molecule has 0 bridgehead atoms. The molecular formula is C14H14N4O5. The lowest BCUT2D eigenvalue weighted by atomic mass is 10.2. The number of hydrogen-bond acceptors (Lipinski definition) is 6. The summed E-state index contributed by atoms with van der Waals surface area (Å²) in [6.07, 6.45) is 2.81. The van der Waals surface area contributed by atoms with E-state index in [0.29, 0.717) is 11.3 Å². The lowest BCUT2D eigenvalue weighted by Crippen LogP contribution is -2.21. The van der Waals surface area contributed by atoms with E-state index in [0.717, 1.165) is 0 Å². The van der Waals surface area contributed by atoms with Gasteiger partial charge in [0.2, 0.25) is 0 Å². The Morgan fingerprint density at radius 1 is 1.43 bits per heavy atom. The van der Waals surface area contributed by atoms with Crippen LogP contribution in [0.3, 0.4) is 0 Å². The minimum absolute atomic E-state index is 0.0662. The van der Waals surface area contributed by atoms with Crippen molar-refractivity contribution >= 4 is 23.3 Å². The molecule has 120 valence electrons. The molecule has 0 saturated heterocycles. The number of benzene rings is 1. The second-order valence-corrected chi connectivity index (χ2v) is 4.78. The fourth-order valence-corrected chi connectivity index (χ4v) is 1.83. The fourth-order valence-electron chi connectivity index (χ4n) is 1.83. The van der Waals surface area contributed by atoms with Crippen LogP contribution in [0.4, 0.5) is 11.4 Å². The van der Waals surface area contributed by atoms with Gasteiger partial charge in [0, 0.05) is 31.1 Å². The zero-order chi connectivity index (χ0) is 17.0. The standard InChI is InChI=1S/C14H14N4O5/c1-9-5-11(18(21)22)3-4-12(9)16-13(19)8-23-14(20)10-6-15-17(2)7-10/h3-7H,8H2,1-2H3,(H,16,19). The van der Waals surface area contributed by atoms with Crippen LogP contribution in [0.5, 0.6) is 0 Å². The number of ether oxygens (including phenoxy) is 1. The number of aryl methyl sites for hydroxylation is 2. The van der Waals surface area contributed by atoms with Crippen LogP contribution in [0, 0.1) is 17.0 Å². The number of esters is 1. The van der Waals surface area contributed by atoms with E-state index < -0.39 is 23.4 Å². The number of nitro benzene ring substituents is 1. The van der Waals surface area contributed by atoms with Gasteiger partial charge in [0.05, 0.1) is 16.7 Å². The molecule has 0 atom stereocenters. The summed E-state index contributed by atoms with van der Waals surface area (Å²) >= 11 is 0. The largest absolute Gasteiger partial charge is 0.452 e. The van der Waals surface area contributed by atoms with Gasteiger partial charge >= 0.3 is 5.97 Å². The van der Waals surface area contributed by atoms with Gasteiger partial charge in [-0.05, 0) is 18.6 Å². The van der Waals surface area contributed by atoms with Gasteiger partial charge in [-0.25, -0.2) is 4.79 Å². The number of rotatable bonds is 5. The number of nitrogens with one attached hydrogen (secondary N) is 1. The van der Waals surface area contributed by atoms with Gasteiger partial charge in [-0.2, -0.15) is 5.10 Å². The third kappa shape index (κ3) is 4.13. The van der Waals surface area contributed by atoms with Crippen molar-refractivity contribution in [3.05, 3.63) is 51.8 Å². The third-order valence-corrected chi connectivity index (χ3v) is 2.97. The number of amides is 1. The zero-order valence-electron chi connectivity index (χ0n) is 12.5. The number of anilines is 1. The van der Waals surface area contributed by atoms with Gasteiger partial charge in [0.25, 0.3) is 11.6 Å². The van der Waals surface area contributed by atoms with Gasteiger partial charge < -0.3 is 10.1 Å². The van der Waals surface area contributed by atoms with E-state index in [4.69, 9.17) is 4.74 Å². The maximum Gasteiger partial charge on any atom is 0.341 e. The highest BCUT2D eigenvalue weighted by Crippen LogP contribution is 2.21. The first-order chi connectivity index (χ1) is 10.9. The van der Waals surface area contributed by atoms with Crippen molar-refractivity contribution in [2.45, 2.75) is 6.92 Å². The molecule has 0 fully saturated rings. The molecular weight excluding hydrogens is 304 g/mol. The Balaban J connectivity index is 1.92. The molecule has 9 heteroatoms. The average molecular weight is 318 g/mol. The Morgan fingerprint density at radius 3 is 2.74 bits per heavy atom. The summed E-state index contributed by atoms with van der Waals surface area (Å²) in [6, 6.07) is 4.05. The molecule has 0 saturated carbocycles. The smallest absolute Gasteiger partial charge is 0.341 e. The maximum absolute atomic E-state index is 11.8. The summed E-state index contributed by atoms with van der Waals surface area (Å²) < 4.78 is 6.31. The third-order valence-electron chi connectivity index (χ3n) is 2.97. The minimum Gasteiger partial charge on any atom is -0.452 e. The highest BCUT2D eigenvalue weighted by Gasteiger charge is 2.14. The molecule has 1 amide bonds. The van der Waals surface area contributed by atoms with Gasteiger partial charge in [-0.1, -0.05) is 0 Å². The van der Waals surface area contributed by atoms with Crippen molar-refractivity contribution in [1.82, 2.24) is 9.78 Å². The van der Waals surface area contributed by atoms with Crippen LogP contribution >= 0.6 is 0 Å². The Morgan fingerprint density at radius 2 is 2.17 bits per heavy atom. The average Bonchev–Trinajstić information content (AvgIpc) is 2.93. The quantitative estimate of drug-likeness (QED) is 0.506. The van der Waals surface area contributed by atoms with E-state index in [1.165, 1.54) is 35.3 Å². The van der Waals surface area contributed by atoms with Crippen LogP contribution in [0.15, 0.2) is 30.6 Å². The molecule has 0 aliphatic heterocycles. The second kappa shape index (κ2) is 6.69. The first kappa shape index (κ1) is 16.1. The number of nitrogens with zero attached hydrogens (tertiary/aromatic N) is 3. The van der Waals surface area contributed by atoms with Gasteiger partial charge in [0.15, 0.2) is 6.61 Å². The molecule has 0 radical (unpaired) electrons. The van der Waals surface area contributed by atoms with Crippen molar-refractivity contribution < 1.29 is 19.2 Å². The topological polar surface area (TPSA) is 116 Å². The zero-order valence-corrected chi connectivity index (χ0v) is 12.5. The summed E-state index contributed by atoms with van der Waals surface area (Å²) in [6.45, 7) is 1.16. The van der Waals surface area contributed by atoms with Crippen LogP contribution in [-0.4, -0.2) is 33.2 Å². The molecule has 1 N–H and O–H groups in total. The van der Waals surface area contributed by atoms with Crippen molar-refractivity contribution in [3.63, 3.8) is 0 Å². The first-order valence-corrected chi connectivity index (χ1v) is 6.57. The summed E-state index contributed by atoms with van der Waals surface area (Å²) in [7, 11) is 1.65. The van der Waals surface area contributed by atoms with Crippen LogP contribution in [-0.2, 0) is 16.6 Å². The van der Waals surface area contributed by atoms with Crippen LogP contribution < -0.4 is 5.32 Å². The molecule has 23 heavy (non-hydrogen) atoms. The van der Waals surface area contributed by atoms with Crippen LogP contribution in [0.25, 0.3) is 0 Å². The summed E-state index contributed by atoms with van der Waals surface area (Å²) in [5.41, 5.74) is 1.12. The van der Waals surface area contributed by atoms with E-state index in [1.54, 1.807) is 14.0 Å². The highest BCUT2D eigenvalue weighted by atomic mass is 16.6. The number of nitro groups is 1. The van der Waals surface area contributed by atoms with E-state index in [2.05, 4.69) is 10.4 Å². The first-order valence-electron chi connectivity index (χ1n) is 6.57. The summed E-state index contributed by atoms with van der Waals surface area (Å²) in [5, 5.41) is 17.0. The predicted molar refractivity (Wildman–Crippen MR) is 80.0 cm³/mol. The van der Waals surface area contributed by atoms with E-state index in [9.17, 15) is 19.7 Å². The minimum atomic E-state index is -0.659. The molecule has 2 rings (SSSR count). The van der Waals surface area contributed by atoms with Gasteiger partial charge in [-0.15, -0.1) is 0 Å². The van der Waals surface area contributed by atoms with Crippen LogP contribution in [0.2, 0.25) is 0 Å². The highest BCUT2D eigenvalue weighted by molar-refractivity contribution is 5.95. The van der Waals surface area contributed by atoms with Crippen molar-refractivity contribution in [3.8, 4) is 0 Å². The molecule has 0 aliphatic carbocycles. The fraction of sp³-hybridized carbons (Fsp3) is 0.214. The number of aromatic nitrogens is 2. The number of hydrogen-bond donors (Lipinski definition) is 1. The molecule has 0 spiro atoms. The van der Waals surface area contributed by atoms with Crippen molar-refractivity contribution in [2.24, 2.45) is 7.05 Å². The van der Waals surface area contributed by atoms with E-state index in [-0.39, 0.29) is 11.3 Å². The number of carbonyl (C=O) groups excluding carboxylic acids is 2. The Labute approximate surface area is 131 Å². The van der Waals surface area contributed by atoms with Gasteiger partial charge in [-0.3, -0.25) is 19.6 Å². The molecule has 1 aromatic heterocycles. The number of carbonyl (C=O) groups is 2. The lowest BCUT2D eigenvalue weighted by Gasteiger charge is -2.08. The Hall–Kier alpha value is -3.23. The van der Waals surface area contributed by atoms with Gasteiger partial charge in [0.1, 0.15) is 0 Å². The second-order valence-electron chi connectivity index (χ2n) is 4.78. The van der Waals surface area contributed by atoms with E-state index >= 15 is 0 Å². The monoisotopic (exact) mass is 318 g/mol. The summed E-state index contributed by atoms with van der Waals surface area (Å²) in [4.78, 5) is 33.6. The maximum atomic E-state index is 11.8. The molecule has 0 unspecified atom stereocenters. The number of non-ortho nitro benzene ring substituents is 1. The predicted octanol–water partition coefficient (Wildman–Crippen LogP) is 1.43. The SMILES string of the molecule is Cc1cc([N+](=O)[O-])ccc1NC(=O)COC(=O)c1cnn(C)c1. The molecule has 0 aliphatic rings. The van der Waals surface area contributed by atoms with Crippen molar-refractivity contribution in [2.75, 3.05) is 11.9 Å². The lowest BCUT2D eigenvalue weighted by molar-refractivity contribution is -0.384. The Kier molecular flexibility index (Phi) is 4.69. The van der Waals surface area contributed by atoms with E-state index in [1.807, 2.05) is 0 Å². The molecule has 9 nitrogen and oxygen atoms in total. The summed E-state index contributed by atoms with van der Waals surface area (Å²) in [5.74, 6) is -1.20. The van der Waals surface area contributed by atoms with Crippen molar-refractivity contribution in [1.29, 1.82) is 0 Å². The van der Waals surface area contributed by atoms with Crippen LogP contribution in [0.1, 0.15) is 15.9 Å². The molecule has 2 aromatic rings. The molecule has 1 heterocycles. The normalized spacial score (nSPS) is 10.2. The Bertz CT molecular complexity index is 768. The molecule has 1 aromatic carbocycles.